The van der Waals surface area contributed by atoms with Crippen molar-refractivity contribution in [1.82, 2.24) is 0 Å². The van der Waals surface area contributed by atoms with Gasteiger partial charge in [0.1, 0.15) is 0 Å². The van der Waals surface area contributed by atoms with Gasteiger partial charge in [-0.25, -0.2) is 0 Å². The lowest BCUT2D eigenvalue weighted by Gasteiger charge is -2.27. The molecule has 2 aliphatic heterocycles. The second-order valence-corrected chi connectivity index (χ2v) is 31.3. The summed E-state index contributed by atoms with van der Waals surface area (Å²) < 4.78 is 2.74. The summed E-state index contributed by atoms with van der Waals surface area (Å²) in [4.78, 5) is 43.1. The molecule has 8 heteroatoms. The molecule has 6 heterocycles. The van der Waals surface area contributed by atoms with E-state index in [1.165, 1.54) is 284 Å². The van der Waals surface area contributed by atoms with Crippen LogP contribution in [0.25, 0.3) is 41.1 Å². The maximum absolute atomic E-state index is 15.9. The molecule has 6 aromatic rings. The molecule has 0 aliphatic carbocycles. The number of carbonyl (C=O) groups is 2. The summed E-state index contributed by atoms with van der Waals surface area (Å²) in [6.45, 7) is 15.1. The van der Waals surface area contributed by atoms with Crippen molar-refractivity contribution >= 4 is 99.9 Å². The van der Waals surface area contributed by atoms with Crippen LogP contribution in [-0.2, 0) is 9.59 Å². The van der Waals surface area contributed by atoms with E-state index in [0.717, 1.165) is 68.6 Å². The molecule has 0 radical (unpaired) electrons. The fourth-order valence-corrected chi connectivity index (χ4v) is 18.5. The summed E-state index contributed by atoms with van der Waals surface area (Å²) in [6.07, 6.45) is 52.4. The van der Waals surface area contributed by atoms with Gasteiger partial charge >= 0.3 is 0 Å². The molecule has 0 N–H and O–H groups in total. The third-order valence-corrected chi connectivity index (χ3v) is 24.0. The molecule has 0 bridgehead atoms. The Morgan fingerprint density at radius 2 is 0.663 bits per heavy atom. The molecular weight excluding hydrogens is 1130 g/mol. The molecule has 2 atom stereocenters. The standard InChI is InChI=1S/C78H114N2O2S4/c1-7-11-15-19-23-27-29-33-37-41-45-61(43-39-35-31-25-21-17-13-9-3)57-79-67-56-66-68(55-65(67)73(77(79)81)70-50-47-59(5)83-70)80(58-62(44-40-36-32-26-22-18-14-10-4)46-42-38-34-30-28-24-20-16-12-8-2)78(82)74(66)71-52-51-69(85-71)72-54-64-49-48-63-53-60(6)84-75(63)76(64)86-72/h47-56,61-62H,7-46,57-58H2,1-6H3. The van der Waals surface area contributed by atoms with Gasteiger partial charge in [-0.1, -0.05) is 271 Å². The molecule has 4 aromatic heterocycles. The van der Waals surface area contributed by atoms with Crippen LogP contribution in [0.4, 0.5) is 11.4 Å². The summed E-state index contributed by atoms with van der Waals surface area (Å²) >= 11 is 7.32. The van der Waals surface area contributed by atoms with Crippen LogP contribution in [0.3, 0.4) is 0 Å². The number of hydrogen-bond acceptors (Lipinski definition) is 6. The fourth-order valence-electron chi connectivity index (χ4n) is 14.1. The molecule has 2 unspecified atom stereocenters. The zero-order chi connectivity index (χ0) is 60.3. The number of anilines is 2. The van der Waals surface area contributed by atoms with Crippen LogP contribution in [0, 0.1) is 25.7 Å². The van der Waals surface area contributed by atoms with Crippen LogP contribution in [0.5, 0.6) is 0 Å². The van der Waals surface area contributed by atoms with Crippen molar-refractivity contribution in [3.8, 4) is 9.75 Å². The number of hydrogen-bond donors (Lipinski definition) is 0. The number of rotatable bonds is 47. The van der Waals surface area contributed by atoms with E-state index < -0.39 is 0 Å². The quantitative estimate of drug-likeness (QED) is 0.0357. The average molecular weight is 1240 g/mol. The Hall–Kier alpha value is -3.56. The maximum Gasteiger partial charge on any atom is 0.260 e. The van der Waals surface area contributed by atoms with Gasteiger partial charge in [0.15, 0.2) is 0 Å². The fraction of sp³-hybridized carbons (Fsp3) is 0.641. The van der Waals surface area contributed by atoms with Gasteiger partial charge in [-0.3, -0.25) is 9.59 Å². The predicted molar refractivity (Wildman–Crippen MR) is 384 cm³/mol. The number of fused-ring (bicyclic) bond motifs is 5. The molecular formula is C78H114N2O2S4. The van der Waals surface area contributed by atoms with Crippen LogP contribution in [0.2, 0.25) is 0 Å². The number of carbonyl (C=O) groups excluding carboxylic acids is 2. The van der Waals surface area contributed by atoms with Gasteiger partial charge in [0.05, 0.1) is 31.9 Å². The van der Waals surface area contributed by atoms with Gasteiger partial charge in [0.2, 0.25) is 0 Å². The second kappa shape index (κ2) is 37.6. The van der Waals surface area contributed by atoms with Gasteiger partial charge in [-0.15, -0.1) is 45.3 Å². The number of benzene rings is 2. The maximum atomic E-state index is 15.9. The highest BCUT2D eigenvalue weighted by molar-refractivity contribution is 7.30. The molecule has 2 aliphatic rings. The second-order valence-electron chi connectivity index (χ2n) is 26.6. The van der Waals surface area contributed by atoms with E-state index >= 15 is 9.59 Å². The van der Waals surface area contributed by atoms with Gasteiger partial charge in [-0.2, -0.15) is 0 Å². The lowest BCUT2D eigenvalue weighted by molar-refractivity contribution is -0.114. The minimum Gasteiger partial charge on any atom is -0.307 e. The van der Waals surface area contributed by atoms with Gasteiger partial charge in [-0.05, 0) is 111 Å². The van der Waals surface area contributed by atoms with Gasteiger partial charge in [0.25, 0.3) is 11.8 Å². The highest BCUT2D eigenvalue weighted by atomic mass is 32.1. The van der Waals surface area contributed by atoms with Crippen molar-refractivity contribution < 1.29 is 9.59 Å². The Labute approximate surface area is 539 Å². The Kier molecular flexibility index (Phi) is 29.9. The third kappa shape index (κ3) is 20.0. The van der Waals surface area contributed by atoms with Crippen molar-refractivity contribution in [3.63, 3.8) is 0 Å². The van der Waals surface area contributed by atoms with Crippen LogP contribution in [-0.4, -0.2) is 24.9 Å². The predicted octanol–water partition coefficient (Wildman–Crippen LogP) is 24.5. The molecule has 2 aromatic carbocycles. The molecule has 0 saturated carbocycles. The van der Waals surface area contributed by atoms with Crippen LogP contribution in [0.15, 0.2) is 60.7 Å². The Bertz CT molecular complexity index is 3090. The number of amides is 2. The van der Waals surface area contributed by atoms with E-state index in [1.54, 1.807) is 22.7 Å². The van der Waals surface area contributed by atoms with Gasteiger partial charge in [0, 0.05) is 52.8 Å². The van der Waals surface area contributed by atoms with Crippen molar-refractivity contribution in [2.24, 2.45) is 11.8 Å². The zero-order valence-electron chi connectivity index (χ0n) is 55.0. The lowest BCUT2D eigenvalue weighted by Crippen LogP contribution is -2.35. The van der Waals surface area contributed by atoms with E-state index in [0.29, 0.717) is 11.8 Å². The van der Waals surface area contributed by atoms with Gasteiger partial charge < -0.3 is 9.80 Å². The van der Waals surface area contributed by atoms with E-state index in [-0.39, 0.29) is 11.8 Å². The monoisotopic (exact) mass is 1240 g/mol. The summed E-state index contributed by atoms with van der Waals surface area (Å²) in [5.41, 5.74) is 3.70. The summed E-state index contributed by atoms with van der Waals surface area (Å²) in [7, 11) is 0. The third-order valence-electron chi connectivity index (χ3n) is 19.3. The first-order valence-electron chi connectivity index (χ1n) is 35.9. The summed E-state index contributed by atoms with van der Waals surface area (Å²) in [5, 5.41) is 4.67. The van der Waals surface area contributed by atoms with E-state index in [9.17, 15) is 0 Å². The van der Waals surface area contributed by atoms with E-state index in [2.05, 4.69) is 112 Å². The van der Waals surface area contributed by atoms with Crippen LogP contribution >= 0.6 is 45.3 Å². The summed E-state index contributed by atoms with van der Waals surface area (Å²) in [5.74, 6) is 1.16. The molecule has 4 nitrogen and oxygen atoms in total. The minimum atomic E-state index is 0.146. The van der Waals surface area contributed by atoms with Crippen molar-refractivity contribution in [2.75, 3.05) is 22.9 Å². The van der Waals surface area contributed by atoms with Crippen LogP contribution < -0.4 is 20.2 Å². The molecule has 86 heavy (non-hydrogen) atoms. The first-order chi connectivity index (χ1) is 42.2. The highest BCUT2D eigenvalue weighted by Crippen LogP contribution is 2.44. The molecule has 0 spiro atoms. The Morgan fingerprint density at radius 3 is 1.05 bits per heavy atom. The smallest absolute Gasteiger partial charge is 0.260 e. The highest BCUT2D eigenvalue weighted by Gasteiger charge is 2.38. The molecule has 0 saturated heterocycles. The topological polar surface area (TPSA) is 40.6 Å². The molecule has 0 fully saturated rings. The molecule has 2 amide bonds. The number of nitrogens with zero attached hydrogens (tertiary/aromatic N) is 2. The molecule has 8 rings (SSSR count). The van der Waals surface area contributed by atoms with Crippen molar-refractivity contribution in [1.29, 1.82) is 0 Å². The Morgan fingerprint density at radius 1 is 0.326 bits per heavy atom. The average Bonchev–Trinajstić information content (AvgIpc) is 1.62. The lowest BCUT2D eigenvalue weighted by atomic mass is 9.93. The first-order valence-corrected chi connectivity index (χ1v) is 39.2. The van der Waals surface area contributed by atoms with E-state index in [1.807, 2.05) is 22.7 Å². The SMILES string of the molecule is CCCCCCCCCCCCC(CCCCCCCCCC)CN1C(=O)C(c2ccc(C)s2)=c2cc3c(cc21)=C(c1ccc(-c2cc4ccc5cc(C)sc5c4s2)s1)C(=O)N3CC(CCCCCCCCCC)CCCCCCCCCCCC. The number of unbranched alkanes of at least 4 members (excludes halogenated alkanes) is 32. The van der Waals surface area contributed by atoms with Crippen molar-refractivity contribution in [3.05, 3.63) is 90.6 Å². The van der Waals surface area contributed by atoms with Crippen molar-refractivity contribution in [2.45, 2.75) is 298 Å². The zero-order valence-corrected chi connectivity index (χ0v) is 58.2. The van der Waals surface area contributed by atoms with Crippen LogP contribution in [0.1, 0.15) is 304 Å². The summed E-state index contributed by atoms with van der Waals surface area (Å²) in [6, 6.07) is 22.8. The first kappa shape index (κ1) is 68.4. The normalized spacial score (nSPS) is 14.1. The number of thiophene rings is 4. The largest absolute Gasteiger partial charge is 0.307 e. The Balaban J connectivity index is 1.12. The number of aryl methyl sites for hydroxylation is 2. The van der Waals surface area contributed by atoms with E-state index in [4.69, 9.17) is 0 Å². The molecule has 472 valence electrons. The minimum absolute atomic E-state index is 0.146.